The van der Waals surface area contributed by atoms with Crippen molar-refractivity contribution in [3.05, 3.63) is 62.1 Å². The molecule has 0 radical (unpaired) electrons. The van der Waals surface area contributed by atoms with Crippen molar-refractivity contribution in [2.75, 3.05) is 0 Å². The molecule has 2 rings (SSSR count). The van der Waals surface area contributed by atoms with Crippen LogP contribution in [0.2, 0.25) is 20.1 Å². The summed E-state index contributed by atoms with van der Waals surface area (Å²) < 4.78 is 5.58. The molecule has 0 bridgehead atoms. The van der Waals surface area contributed by atoms with E-state index < -0.39 is 0 Å². The van der Waals surface area contributed by atoms with Crippen LogP contribution in [0.1, 0.15) is 5.56 Å². The summed E-state index contributed by atoms with van der Waals surface area (Å²) in [6.07, 6.45) is 0. The first kappa shape index (κ1) is 13.8. The van der Waals surface area contributed by atoms with Gasteiger partial charge in [0.05, 0.1) is 20.1 Å². The predicted octanol–water partition coefficient (Wildman–Crippen LogP) is 5.88. The maximum Gasteiger partial charge on any atom is 0.119 e. The Kier molecular flexibility index (Phi) is 4.63. The molecular weight excluding hydrogens is 314 g/mol. The minimum Gasteiger partial charge on any atom is -0.489 e. The normalized spacial score (nSPS) is 10.4. The van der Waals surface area contributed by atoms with Gasteiger partial charge in [-0.1, -0.05) is 64.6 Å². The van der Waals surface area contributed by atoms with Gasteiger partial charge in [0.1, 0.15) is 12.4 Å². The van der Waals surface area contributed by atoms with Gasteiger partial charge in [0.2, 0.25) is 0 Å². The summed E-state index contributed by atoms with van der Waals surface area (Å²) in [6, 6.07) is 10.9. The molecule has 0 amide bonds. The van der Waals surface area contributed by atoms with Gasteiger partial charge in [-0.15, -0.1) is 0 Å². The fraction of sp³-hybridized carbons (Fsp3) is 0.0769. The third-order valence-electron chi connectivity index (χ3n) is 2.34. The fourth-order valence-electron chi connectivity index (χ4n) is 1.41. The third kappa shape index (κ3) is 3.04. The topological polar surface area (TPSA) is 9.23 Å². The largest absolute Gasteiger partial charge is 0.489 e. The number of rotatable bonds is 3. The summed E-state index contributed by atoms with van der Waals surface area (Å²) in [5, 5.41) is 1.37. The first-order valence-electron chi connectivity index (χ1n) is 5.09. The highest BCUT2D eigenvalue weighted by Gasteiger charge is 2.14. The maximum atomic E-state index is 6.09. The van der Waals surface area contributed by atoms with E-state index in [4.69, 9.17) is 51.1 Å². The fourth-order valence-corrected chi connectivity index (χ4v) is 2.45. The van der Waals surface area contributed by atoms with Crippen LogP contribution in [0.25, 0.3) is 0 Å². The number of benzene rings is 2. The van der Waals surface area contributed by atoms with E-state index in [2.05, 4.69) is 0 Å². The molecule has 0 fully saturated rings. The molecule has 18 heavy (non-hydrogen) atoms. The zero-order valence-corrected chi connectivity index (χ0v) is 12.1. The predicted molar refractivity (Wildman–Crippen MR) is 77.3 cm³/mol. The van der Waals surface area contributed by atoms with Crippen LogP contribution in [0.15, 0.2) is 36.4 Å². The Labute approximate surface area is 125 Å². The van der Waals surface area contributed by atoms with Crippen molar-refractivity contribution in [1.82, 2.24) is 0 Å². The molecule has 0 N–H and O–H groups in total. The summed E-state index contributed by atoms with van der Waals surface area (Å²) in [6.45, 7) is 0.235. The van der Waals surface area contributed by atoms with Gasteiger partial charge in [-0.2, -0.15) is 0 Å². The lowest BCUT2D eigenvalue weighted by Gasteiger charge is -2.11. The molecule has 1 nitrogen and oxygen atoms in total. The van der Waals surface area contributed by atoms with Gasteiger partial charge >= 0.3 is 0 Å². The Morgan fingerprint density at radius 2 is 1.50 bits per heavy atom. The molecule has 0 atom stereocenters. The number of halogens is 4. The van der Waals surface area contributed by atoms with Crippen LogP contribution in [-0.4, -0.2) is 0 Å². The van der Waals surface area contributed by atoms with Crippen molar-refractivity contribution in [1.29, 1.82) is 0 Å². The standard InChI is InChI=1S/C13H8Cl4O/c14-10-6-11(15)13(17)12(16)9(10)7-18-8-4-2-1-3-5-8/h1-6H,7H2. The molecule has 0 saturated heterocycles. The zero-order valence-electron chi connectivity index (χ0n) is 9.09. The lowest BCUT2D eigenvalue weighted by Crippen LogP contribution is -1.98. The van der Waals surface area contributed by atoms with Gasteiger partial charge in [-0.05, 0) is 18.2 Å². The number of para-hydroxylation sites is 1. The molecule has 0 saturated carbocycles. The molecule has 2 aromatic rings. The lowest BCUT2D eigenvalue weighted by molar-refractivity contribution is 0.306. The van der Waals surface area contributed by atoms with Gasteiger partial charge in [0.25, 0.3) is 0 Å². The van der Waals surface area contributed by atoms with Crippen molar-refractivity contribution in [3.8, 4) is 5.75 Å². The van der Waals surface area contributed by atoms with Gasteiger partial charge in [0, 0.05) is 5.56 Å². The van der Waals surface area contributed by atoms with Crippen molar-refractivity contribution < 1.29 is 4.74 Å². The maximum absolute atomic E-state index is 6.09. The van der Waals surface area contributed by atoms with Crippen LogP contribution in [-0.2, 0) is 6.61 Å². The van der Waals surface area contributed by atoms with E-state index >= 15 is 0 Å². The molecular formula is C13H8Cl4O. The highest BCUT2D eigenvalue weighted by Crippen LogP contribution is 2.37. The average molecular weight is 322 g/mol. The molecule has 94 valence electrons. The number of hydrogen-bond acceptors (Lipinski definition) is 1. The minimum atomic E-state index is 0.235. The van der Waals surface area contributed by atoms with E-state index in [-0.39, 0.29) is 11.6 Å². The van der Waals surface area contributed by atoms with E-state index in [1.807, 2.05) is 30.3 Å². The second kappa shape index (κ2) is 6.03. The van der Waals surface area contributed by atoms with Crippen molar-refractivity contribution >= 4 is 46.4 Å². The molecule has 0 aliphatic carbocycles. The zero-order chi connectivity index (χ0) is 13.1. The molecule has 0 heterocycles. The molecule has 0 aliphatic heterocycles. The van der Waals surface area contributed by atoms with Crippen molar-refractivity contribution in [2.24, 2.45) is 0 Å². The highest BCUT2D eigenvalue weighted by molar-refractivity contribution is 6.49. The van der Waals surface area contributed by atoms with Crippen molar-refractivity contribution in [3.63, 3.8) is 0 Å². The van der Waals surface area contributed by atoms with E-state index in [0.717, 1.165) is 5.75 Å². The van der Waals surface area contributed by atoms with Crippen molar-refractivity contribution in [2.45, 2.75) is 6.61 Å². The monoisotopic (exact) mass is 320 g/mol. The second-order valence-electron chi connectivity index (χ2n) is 3.55. The minimum absolute atomic E-state index is 0.235. The summed E-state index contributed by atoms with van der Waals surface area (Å²) in [5.74, 6) is 0.732. The Bertz CT molecular complexity index is 555. The third-order valence-corrected chi connectivity index (χ3v) is 3.97. The Hall–Kier alpha value is -0.600. The number of ether oxygens (including phenoxy) is 1. The first-order chi connectivity index (χ1) is 8.59. The van der Waals surface area contributed by atoms with Crippen LogP contribution < -0.4 is 4.74 Å². The van der Waals surface area contributed by atoms with Crippen LogP contribution >= 0.6 is 46.4 Å². The first-order valence-corrected chi connectivity index (χ1v) is 6.60. The van der Waals surface area contributed by atoms with Gasteiger partial charge in [-0.3, -0.25) is 0 Å². The van der Waals surface area contributed by atoms with Gasteiger partial charge in [0.15, 0.2) is 0 Å². The summed E-state index contributed by atoms with van der Waals surface area (Å²) in [4.78, 5) is 0. The lowest BCUT2D eigenvalue weighted by atomic mass is 10.2. The molecule has 0 spiro atoms. The number of hydrogen-bond donors (Lipinski definition) is 0. The van der Waals surface area contributed by atoms with E-state index in [1.165, 1.54) is 0 Å². The quantitative estimate of drug-likeness (QED) is 0.506. The molecule has 5 heteroatoms. The Morgan fingerprint density at radius 1 is 0.833 bits per heavy atom. The van der Waals surface area contributed by atoms with Crippen LogP contribution in [0.4, 0.5) is 0 Å². The second-order valence-corrected chi connectivity index (χ2v) is 5.12. The SMILES string of the molecule is Clc1cc(Cl)c(COc2ccccc2)c(Cl)c1Cl. The average Bonchev–Trinajstić information content (AvgIpc) is 2.37. The smallest absolute Gasteiger partial charge is 0.119 e. The van der Waals surface area contributed by atoms with Gasteiger partial charge in [-0.25, -0.2) is 0 Å². The molecule has 0 unspecified atom stereocenters. The highest BCUT2D eigenvalue weighted by atomic mass is 35.5. The molecule has 0 aromatic heterocycles. The Morgan fingerprint density at radius 3 is 2.17 bits per heavy atom. The summed E-state index contributed by atoms with van der Waals surface area (Å²) in [7, 11) is 0. The van der Waals surface area contributed by atoms with E-state index in [9.17, 15) is 0 Å². The van der Waals surface area contributed by atoms with Gasteiger partial charge < -0.3 is 4.74 Å². The van der Waals surface area contributed by atoms with Crippen LogP contribution in [0.3, 0.4) is 0 Å². The molecule has 0 aliphatic rings. The molecule has 2 aromatic carbocycles. The Balaban J connectivity index is 2.22. The van der Waals surface area contributed by atoms with Crippen LogP contribution in [0.5, 0.6) is 5.75 Å². The van der Waals surface area contributed by atoms with E-state index in [1.54, 1.807) is 6.07 Å². The summed E-state index contributed by atoms with van der Waals surface area (Å²) >= 11 is 24.0. The van der Waals surface area contributed by atoms with Crippen LogP contribution in [0, 0.1) is 0 Å². The summed E-state index contributed by atoms with van der Waals surface area (Å²) in [5.41, 5.74) is 0.622. The van der Waals surface area contributed by atoms with E-state index in [0.29, 0.717) is 20.6 Å².